The van der Waals surface area contributed by atoms with E-state index in [1.54, 1.807) is 4.90 Å². The average molecular weight is 494 g/mol. The lowest BCUT2D eigenvalue weighted by Crippen LogP contribution is -2.32. The summed E-state index contributed by atoms with van der Waals surface area (Å²) in [4.78, 5) is 14.6. The first-order valence-corrected chi connectivity index (χ1v) is 14.1. The van der Waals surface area contributed by atoms with Gasteiger partial charge in [0.05, 0.1) is 5.25 Å². The van der Waals surface area contributed by atoms with Crippen LogP contribution in [0.4, 0.5) is 4.79 Å². The second-order valence-corrected chi connectivity index (χ2v) is 11.1. The summed E-state index contributed by atoms with van der Waals surface area (Å²) in [5, 5.41) is -0.466. The zero-order valence-electron chi connectivity index (χ0n) is 20.4. The maximum atomic E-state index is 12.8. The van der Waals surface area contributed by atoms with Crippen LogP contribution in [0, 0.1) is 0 Å². The maximum Gasteiger partial charge on any atom is 0.410 e. The van der Waals surface area contributed by atoms with Crippen molar-refractivity contribution in [1.29, 1.82) is 0 Å². The minimum absolute atomic E-state index is 0.247. The number of benzene rings is 3. The van der Waals surface area contributed by atoms with Crippen LogP contribution in [0.25, 0.3) is 0 Å². The highest BCUT2D eigenvalue weighted by molar-refractivity contribution is 7.90. The van der Waals surface area contributed by atoms with E-state index in [0.29, 0.717) is 19.5 Å². The highest BCUT2D eigenvalue weighted by Crippen LogP contribution is 2.27. The van der Waals surface area contributed by atoms with Crippen LogP contribution in [0.5, 0.6) is 0 Å². The molecule has 0 aromatic heterocycles. The van der Waals surface area contributed by atoms with Gasteiger partial charge < -0.3 is 9.64 Å². The summed E-state index contributed by atoms with van der Waals surface area (Å²) in [5.74, 6) is 0. The molecule has 0 spiro atoms. The Morgan fingerprint density at radius 3 is 1.91 bits per heavy atom. The molecule has 1 amide bonds. The molecule has 0 aliphatic rings. The number of unbranched alkanes of at least 4 members (excludes halogenated alkanes) is 3. The summed E-state index contributed by atoms with van der Waals surface area (Å²) in [6.07, 6.45) is 5.09. The van der Waals surface area contributed by atoms with E-state index >= 15 is 0 Å². The lowest BCUT2D eigenvalue weighted by molar-refractivity contribution is 0.0929. The van der Waals surface area contributed by atoms with Crippen LogP contribution in [0.2, 0.25) is 0 Å². The van der Waals surface area contributed by atoms with E-state index in [4.69, 9.17) is 4.74 Å². The van der Waals surface area contributed by atoms with Gasteiger partial charge in [-0.1, -0.05) is 110 Å². The lowest BCUT2D eigenvalue weighted by atomic mass is 10.0. The molecule has 1 atom stereocenters. The summed E-state index contributed by atoms with van der Waals surface area (Å²) in [5.41, 5.74) is 2.87. The smallest absolute Gasteiger partial charge is 0.410 e. The molecule has 0 radical (unpaired) electrons. The summed E-state index contributed by atoms with van der Waals surface area (Å²) < 4.78 is 30.2. The van der Waals surface area contributed by atoms with Crippen molar-refractivity contribution in [3.63, 3.8) is 0 Å². The number of sulfone groups is 1. The van der Waals surface area contributed by atoms with Crippen molar-refractivity contribution in [1.82, 2.24) is 4.90 Å². The number of hydrogen-bond acceptors (Lipinski definition) is 4. The van der Waals surface area contributed by atoms with Gasteiger partial charge in [0.1, 0.15) is 6.61 Å². The van der Waals surface area contributed by atoms with Gasteiger partial charge in [-0.25, -0.2) is 13.2 Å². The fourth-order valence-electron chi connectivity index (χ4n) is 4.13. The van der Waals surface area contributed by atoms with Gasteiger partial charge in [-0.2, -0.15) is 0 Å². The predicted molar refractivity (Wildman–Crippen MR) is 141 cm³/mol. The SMILES string of the molecule is CS(=O)(=O)[C@@H](CCCCCCN(Cc1ccccc1)C(=O)OCc1ccccc1)c1ccccc1. The molecule has 0 unspecified atom stereocenters. The largest absolute Gasteiger partial charge is 0.445 e. The van der Waals surface area contributed by atoms with E-state index < -0.39 is 15.1 Å². The Morgan fingerprint density at radius 1 is 0.771 bits per heavy atom. The molecule has 6 heteroatoms. The molecule has 5 nitrogen and oxygen atoms in total. The van der Waals surface area contributed by atoms with Crippen molar-refractivity contribution in [2.75, 3.05) is 12.8 Å². The Balaban J connectivity index is 1.48. The van der Waals surface area contributed by atoms with Crippen molar-refractivity contribution >= 4 is 15.9 Å². The Morgan fingerprint density at radius 2 is 1.31 bits per heavy atom. The summed E-state index contributed by atoms with van der Waals surface area (Å²) in [6, 6.07) is 29.0. The van der Waals surface area contributed by atoms with Gasteiger partial charge in [0.2, 0.25) is 0 Å². The van der Waals surface area contributed by atoms with Crippen molar-refractivity contribution in [3.8, 4) is 0 Å². The van der Waals surface area contributed by atoms with E-state index in [1.807, 2.05) is 91.0 Å². The van der Waals surface area contributed by atoms with Gasteiger partial charge in [-0.05, 0) is 29.5 Å². The molecule has 3 rings (SSSR count). The van der Waals surface area contributed by atoms with Crippen molar-refractivity contribution in [3.05, 3.63) is 108 Å². The minimum Gasteiger partial charge on any atom is -0.445 e. The molecule has 186 valence electrons. The highest BCUT2D eigenvalue weighted by atomic mass is 32.2. The van der Waals surface area contributed by atoms with Crippen LogP contribution >= 0.6 is 0 Å². The van der Waals surface area contributed by atoms with Crippen molar-refractivity contribution in [2.24, 2.45) is 0 Å². The van der Waals surface area contributed by atoms with Gasteiger partial charge in [0.25, 0.3) is 0 Å². The average Bonchev–Trinajstić information content (AvgIpc) is 2.87. The third-order valence-corrected chi connectivity index (χ3v) is 7.55. The Kier molecular flexibility index (Phi) is 10.4. The molecule has 3 aromatic rings. The lowest BCUT2D eigenvalue weighted by Gasteiger charge is -2.22. The number of carbonyl (C=O) groups is 1. The van der Waals surface area contributed by atoms with E-state index in [9.17, 15) is 13.2 Å². The Labute approximate surface area is 209 Å². The molecule has 0 aliphatic heterocycles. The van der Waals surface area contributed by atoms with E-state index in [-0.39, 0.29) is 12.7 Å². The summed E-state index contributed by atoms with van der Waals surface area (Å²) in [7, 11) is -3.17. The van der Waals surface area contributed by atoms with E-state index in [0.717, 1.165) is 42.4 Å². The fraction of sp³-hybridized carbons (Fsp3) is 0.345. The highest BCUT2D eigenvalue weighted by Gasteiger charge is 2.22. The number of nitrogens with zero attached hydrogens (tertiary/aromatic N) is 1. The number of ether oxygens (including phenoxy) is 1. The van der Waals surface area contributed by atoms with Crippen LogP contribution in [0.3, 0.4) is 0 Å². The van der Waals surface area contributed by atoms with Crippen LogP contribution in [-0.4, -0.2) is 32.2 Å². The molecule has 0 bridgehead atoms. The van der Waals surface area contributed by atoms with Gasteiger partial charge >= 0.3 is 6.09 Å². The first kappa shape index (κ1) is 26.5. The summed E-state index contributed by atoms with van der Waals surface area (Å²) >= 11 is 0. The van der Waals surface area contributed by atoms with Crippen molar-refractivity contribution < 1.29 is 17.9 Å². The van der Waals surface area contributed by atoms with Crippen LogP contribution in [0.15, 0.2) is 91.0 Å². The standard InChI is InChI=1S/C29H35NO4S/c1-35(32,33)28(27-19-11-6-12-20-27)21-13-2-3-14-22-30(23-25-15-7-4-8-16-25)29(31)34-24-26-17-9-5-10-18-26/h4-12,15-20,28H,2-3,13-14,21-24H2,1H3/t28-/m0/s1. The molecule has 0 N–H and O–H groups in total. The zero-order chi connectivity index (χ0) is 24.9. The van der Waals surface area contributed by atoms with Crippen molar-refractivity contribution in [2.45, 2.75) is 50.5 Å². The Bertz CT molecular complexity index is 1120. The van der Waals surface area contributed by atoms with Crippen LogP contribution in [0.1, 0.15) is 54.0 Å². The van der Waals surface area contributed by atoms with Crippen LogP contribution in [-0.2, 0) is 27.7 Å². The normalized spacial score (nSPS) is 12.1. The first-order valence-electron chi connectivity index (χ1n) is 12.2. The van der Waals surface area contributed by atoms with Gasteiger partial charge in [0, 0.05) is 19.3 Å². The summed E-state index contributed by atoms with van der Waals surface area (Å²) in [6.45, 7) is 1.34. The van der Waals surface area contributed by atoms with Gasteiger partial charge in [0.15, 0.2) is 9.84 Å². The molecular formula is C29H35NO4S. The molecule has 0 heterocycles. The monoisotopic (exact) mass is 493 g/mol. The molecule has 35 heavy (non-hydrogen) atoms. The van der Waals surface area contributed by atoms with Crippen LogP contribution < -0.4 is 0 Å². The number of carbonyl (C=O) groups excluding carboxylic acids is 1. The second-order valence-electron chi connectivity index (χ2n) is 8.88. The number of hydrogen-bond donors (Lipinski definition) is 0. The van der Waals surface area contributed by atoms with E-state index in [2.05, 4.69) is 0 Å². The third kappa shape index (κ3) is 9.21. The molecule has 0 aliphatic carbocycles. The Hall–Kier alpha value is -3.12. The predicted octanol–water partition coefficient (Wildman–Crippen LogP) is 6.56. The second kappa shape index (κ2) is 13.7. The molecule has 0 saturated heterocycles. The minimum atomic E-state index is -3.17. The fourth-order valence-corrected chi connectivity index (χ4v) is 5.38. The quantitative estimate of drug-likeness (QED) is 0.253. The molecule has 0 saturated carbocycles. The number of amides is 1. The van der Waals surface area contributed by atoms with Gasteiger partial charge in [-0.3, -0.25) is 0 Å². The maximum absolute atomic E-state index is 12.8. The third-order valence-electron chi connectivity index (χ3n) is 6.01. The molecule has 0 fully saturated rings. The zero-order valence-corrected chi connectivity index (χ0v) is 21.2. The van der Waals surface area contributed by atoms with E-state index in [1.165, 1.54) is 6.26 Å². The first-order chi connectivity index (χ1) is 16.9. The molecule has 3 aromatic carbocycles. The number of rotatable bonds is 13. The van der Waals surface area contributed by atoms with Gasteiger partial charge in [-0.15, -0.1) is 0 Å². The molecular weight excluding hydrogens is 458 g/mol. The topological polar surface area (TPSA) is 63.7 Å².